The molecule has 0 aromatic heterocycles. The molecule has 1 fully saturated rings. The van der Waals surface area contributed by atoms with Gasteiger partial charge in [-0.3, -0.25) is 14.4 Å². The SMILES string of the molecule is COc1ccc([C@@H]2C=C3c4ccc5ccccc5c4OC(=O)[C@@H]3[C@@H]3C(=O)N(c4ccccc4C)C(=O)[C@@H]32)cc1. The zero-order chi connectivity index (χ0) is 26.8. The number of ether oxygens (including phenoxy) is 2. The van der Waals surface area contributed by atoms with Gasteiger partial charge in [0.25, 0.3) is 0 Å². The average molecular weight is 516 g/mol. The summed E-state index contributed by atoms with van der Waals surface area (Å²) in [6, 6.07) is 26.6. The highest BCUT2D eigenvalue weighted by Crippen LogP contribution is 2.55. The normalized spacial score (nSPS) is 23.6. The molecule has 7 rings (SSSR count). The molecular formula is C33H25NO5. The fraction of sp³-hybridized carbons (Fsp3) is 0.182. The highest BCUT2D eigenvalue weighted by Gasteiger charge is 2.60. The van der Waals surface area contributed by atoms with Crippen molar-refractivity contribution in [3.63, 3.8) is 0 Å². The molecule has 2 aliphatic heterocycles. The quantitative estimate of drug-likeness (QED) is 0.199. The molecule has 0 unspecified atom stereocenters. The van der Waals surface area contributed by atoms with Gasteiger partial charge in [0.1, 0.15) is 11.5 Å². The van der Waals surface area contributed by atoms with Crippen LogP contribution >= 0.6 is 0 Å². The van der Waals surface area contributed by atoms with Crippen LogP contribution in [0.2, 0.25) is 0 Å². The lowest BCUT2D eigenvalue weighted by molar-refractivity contribution is -0.142. The smallest absolute Gasteiger partial charge is 0.319 e. The van der Waals surface area contributed by atoms with E-state index < -0.39 is 29.6 Å². The number of para-hydroxylation sites is 1. The first-order chi connectivity index (χ1) is 19.0. The number of methoxy groups -OCH3 is 1. The third-order valence-electron chi connectivity index (χ3n) is 8.34. The first-order valence-corrected chi connectivity index (χ1v) is 13.0. The molecule has 0 bridgehead atoms. The van der Waals surface area contributed by atoms with Crippen LogP contribution in [0.25, 0.3) is 16.3 Å². The molecule has 0 radical (unpaired) electrons. The minimum atomic E-state index is -0.878. The maximum atomic E-state index is 14.2. The van der Waals surface area contributed by atoms with Crippen LogP contribution in [0.4, 0.5) is 5.69 Å². The van der Waals surface area contributed by atoms with Crippen molar-refractivity contribution in [3.8, 4) is 11.5 Å². The topological polar surface area (TPSA) is 72.9 Å². The number of hydrogen-bond acceptors (Lipinski definition) is 5. The molecule has 3 aliphatic rings. The first-order valence-electron chi connectivity index (χ1n) is 13.0. The third kappa shape index (κ3) is 3.37. The highest BCUT2D eigenvalue weighted by molar-refractivity contribution is 6.25. The number of hydrogen-bond donors (Lipinski definition) is 0. The lowest BCUT2D eigenvalue weighted by Gasteiger charge is -2.38. The van der Waals surface area contributed by atoms with Gasteiger partial charge in [0.15, 0.2) is 0 Å². The molecule has 6 heteroatoms. The number of imide groups is 1. The summed E-state index contributed by atoms with van der Waals surface area (Å²) in [5.74, 6) is -2.87. The van der Waals surface area contributed by atoms with Crippen molar-refractivity contribution in [2.75, 3.05) is 12.0 Å². The molecule has 2 heterocycles. The molecule has 0 spiro atoms. The maximum Gasteiger partial charge on any atom is 0.319 e. The second kappa shape index (κ2) is 8.67. The zero-order valence-electron chi connectivity index (χ0n) is 21.5. The molecule has 1 aliphatic carbocycles. The Balaban J connectivity index is 1.45. The van der Waals surface area contributed by atoms with E-state index in [0.29, 0.717) is 17.2 Å². The van der Waals surface area contributed by atoms with E-state index in [1.165, 1.54) is 4.90 Å². The highest BCUT2D eigenvalue weighted by atomic mass is 16.5. The van der Waals surface area contributed by atoms with Crippen LogP contribution in [0.3, 0.4) is 0 Å². The summed E-state index contributed by atoms with van der Waals surface area (Å²) in [6.07, 6.45) is 2.01. The summed E-state index contributed by atoms with van der Waals surface area (Å²) >= 11 is 0. The van der Waals surface area contributed by atoms with Crippen LogP contribution in [0.5, 0.6) is 11.5 Å². The van der Waals surface area contributed by atoms with Crippen LogP contribution < -0.4 is 14.4 Å². The van der Waals surface area contributed by atoms with E-state index in [4.69, 9.17) is 9.47 Å². The number of esters is 1. The largest absolute Gasteiger partial charge is 0.497 e. The number of allylic oxidation sites excluding steroid dienone is 1. The second-order valence-electron chi connectivity index (χ2n) is 10.3. The van der Waals surface area contributed by atoms with Crippen molar-refractivity contribution >= 4 is 39.8 Å². The van der Waals surface area contributed by atoms with Crippen molar-refractivity contribution < 1.29 is 23.9 Å². The van der Waals surface area contributed by atoms with E-state index in [0.717, 1.165) is 33.0 Å². The predicted molar refractivity (Wildman–Crippen MR) is 147 cm³/mol. The number of carbonyl (C=O) groups is 3. The van der Waals surface area contributed by atoms with E-state index in [-0.39, 0.29) is 11.8 Å². The van der Waals surface area contributed by atoms with Gasteiger partial charge in [-0.25, -0.2) is 4.90 Å². The van der Waals surface area contributed by atoms with E-state index in [9.17, 15) is 14.4 Å². The number of nitrogens with zero attached hydrogens (tertiary/aromatic N) is 1. The van der Waals surface area contributed by atoms with Crippen molar-refractivity contribution in [1.82, 2.24) is 0 Å². The van der Waals surface area contributed by atoms with Crippen LogP contribution in [-0.2, 0) is 14.4 Å². The molecule has 4 atom stereocenters. The lowest BCUT2D eigenvalue weighted by atomic mass is 9.64. The van der Waals surface area contributed by atoms with Crippen molar-refractivity contribution in [1.29, 1.82) is 0 Å². The summed E-state index contributed by atoms with van der Waals surface area (Å²) < 4.78 is 11.3. The van der Waals surface area contributed by atoms with Crippen LogP contribution in [0.1, 0.15) is 22.6 Å². The third-order valence-corrected chi connectivity index (χ3v) is 8.34. The Morgan fingerprint density at radius 1 is 0.795 bits per heavy atom. The number of fused-ring (bicyclic) bond motifs is 7. The number of anilines is 1. The van der Waals surface area contributed by atoms with E-state index in [1.807, 2.05) is 91.9 Å². The number of carbonyl (C=O) groups excluding carboxylic acids is 3. The van der Waals surface area contributed by atoms with Gasteiger partial charge in [-0.05, 0) is 47.2 Å². The Bertz CT molecular complexity index is 1720. The fourth-order valence-corrected chi connectivity index (χ4v) is 6.49. The summed E-state index contributed by atoms with van der Waals surface area (Å²) in [5, 5.41) is 1.79. The van der Waals surface area contributed by atoms with E-state index >= 15 is 0 Å². The molecular weight excluding hydrogens is 490 g/mol. The minimum Gasteiger partial charge on any atom is -0.497 e. The Labute approximate surface area is 225 Å². The number of rotatable bonds is 3. The Morgan fingerprint density at radius 2 is 1.51 bits per heavy atom. The van der Waals surface area contributed by atoms with Crippen molar-refractivity contribution in [2.45, 2.75) is 12.8 Å². The van der Waals surface area contributed by atoms with Crippen molar-refractivity contribution in [2.24, 2.45) is 17.8 Å². The summed E-state index contributed by atoms with van der Waals surface area (Å²) in [7, 11) is 1.60. The summed E-state index contributed by atoms with van der Waals surface area (Å²) in [5.41, 5.74) is 3.76. The Kier molecular flexibility index (Phi) is 5.20. The molecule has 0 N–H and O–H groups in total. The van der Waals surface area contributed by atoms with Gasteiger partial charge in [-0.15, -0.1) is 0 Å². The molecule has 2 amide bonds. The number of aryl methyl sites for hydroxylation is 1. The van der Waals surface area contributed by atoms with Gasteiger partial charge in [0.2, 0.25) is 11.8 Å². The van der Waals surface area contributed by atoms with E-state index in [1.54, 1.807) is 13.2 Å². The van der Waals surface area contributed by atoms with Gasteiger partial charge in [0, 0.05) is 16.9 Å². The fourth-order valence-electron chi connectivity index (χ4n) is 6.49. The molecule has 4 aromatic rings. The average Bonchev–Trinajstić information content (AvgIpc) is 3.22. The van der Waals surface area contributed by atoms with Crippen molar-refractivity contribution in [3.05, 3.63) is 108 Å². The van der Waals surface area contributed by atoms with E-state index in [2.05, 4.69) is 0 Å². The van der Waals surface area contributed by atoms with Crippen LogP contribution in [0, 0.1) is 24.7 Å². The van der Waals surface area contributed by atoms with Gasteiger partial charge in [-0.2, -0.15) is 0 Å². The molecule has 6 nitrogen and oxygen atoms in total. The summed E-state index contributed by atoms with van der Waals surface area (Å²) in [4.78, 5) is 43.2. The maximum absolute atomic E-state index is 14.2. The first kappa shape index (κ1) is 23.4. The van der Waals surface area contributed by atoms with Gasteiger partial charge >= 0.3 is 5.97 Å². The van der Waals surface area contributed by atoms with Crippen LogP contribution in [0.15, 0.2) is 91.0 Å². The molecule has 4 aromatic carbocycles. The molecule has 0 saturated carbocycles. The predicted octanol–water partition coefficient (Wildman–Crippen LogP) is 5.68. The molecule has 1 saturated heterocycles. The number of amides is 2. The van der Waals surface area contributed by atoms with Gasteiger partial charge in [0.05, 0.1) is 30.6 Å². The molecule has 192 valence electrons. The Hall–Kier alpha value is -4.71. The zero-order valence-corrected chi connectivity index (χ0v) is 21.5. The number of benzene rings is 4. The standard InChI is InChI=1S/C33H25NO5/c1-18-7-3-6-10-26(18)34-31(35)27-24(20-11-14-21(38-2)15-12-20)17-25-23-16-13-19-8-4-5-9-22(19)30(23)39-33(37)28(25)29(27)32(34)36/h3-17,24,27-29H,1-2H3/t24-,27+,28-,29+/m0/s1. The van der Waals surface area contributed by atoms with Crippen LogP contribution in [-0.4, -0.2) is 24.9 Å². The van der Waals surface area contributed by atoms with Gasteiger partial charge in [-0.1, -0.05) is 72.8 Å². The second-order valence-corrected chi connectivity index (χ2v) is 10.3. The summed E-state index contributed by atoms with van der Waals surface area (Å²) in [6.45, 7) is 1.87. The monoisotopic (exact) mass is 515 g/mol. The Morgan fingerprint density at radius 3 is 2.28 bits per heavy atom. The lowest BCUT2D eigenvalue weighted by Crippen LogP contribution is -2.42. The minimum absolute atomic E-state index is 0.299. The van der Waals surface area contributed by atoms with Gasteiger partial charge < -0.3 is 9.47 Å². The molecule has 39 heavy (non-hydrogen) atoms.